The fourth-order valence-corrected chi connectivity index (χ4v) is 3.94. The van der Waals surface area contributed by atoms with Gasteiger partial charge in [0.05, 0.1) is 11.4 Å². The first-order valence-electron chi connectivity index (χ1n) is 5.08. The van der Waals surface area contributed by atoms with E-state index in [9.17, 15) is 8.42 Å². The smallest absolute Gasteiger partial charge is 0.244 e. The summed E-state index contributed by atoms with van der Waals surface area (Å²) in [6.45, 7) is 0.763. The topological polar surface area (TPSA) is 59.5 Å². The predicted molar refractivity (Wildman–Crippen MR) is 76.3 cm³/mol. The van der Waals surface area contributed by atoms with Gasteiger partial charge in [-0.2, -0.15) is 4.31 Å². The summed E-state index contributed by atoms with van der Waals surface area (Å²) in [6, 6.07) is 1.53. The summed E-state index contributed by atoms with van der Waals surface area (Å²) >= 11 is 6.57. The van der Waals surface area contributed by atoms with Crippen LogP contribution < -0.4 is 0 Å². The molecule has 1 rings (SSSR count). The number of halogens is 2. The van der Waals surface area contributed by atoms with Gasteiger partial charge in [0.15, 0.2) is 0 Å². The summed E-state index contributed by atoms with van der Waals surface area (Å²) in [4.78, 5) is 3.97. The summed E-state index contributed by atoms with van der Waals surface area (Å²) in [7, 11) is -0.421. The second kappa shape index (κ2) is 6.95. The Morgan fingerprint density at radius 3 is 2.72 bits per heavy atom. The average molecular weight is 402 g/mol. The molecule has 8 heteroatoms. The lowest BCUT2D eigenvalue weighted by atomic mass is 10.4. The number of hydrogen-bond donors (Lipinski definition) is 0. The van der Waals surface area contributed by atoms with Crippen LogP contribution in [0.15, 0.2) is 27.8 Å². The van der Waals surface area contributed by atoms with E-state index in [1.807, 2.05) is 0 Å². The molecule has 18 heavy (non-hydrogen) atoms. The maximum absolute atomic E-state index is 12.2. The third kappa shape index (κ3) is 4.27. The molecule has 0 fully saturated rings. The van der Waals surface area contributed by atoms with Crippen LogP contribution in [0.3, 0.4) is 0 Å². The first-order chi connectivity index (χ1) is 8.37. The SMILES string of the molecule is COCC(Br)CN(C)S(=O)(=O)c1cncc(Br)c1. The Morgan fingerprint density at radius 2 is 2.17 bits per heavy atom. The Labute approximate surface area is 124 Å². The van der Waals surface area contributed by atoms with Crippen molar-refractivity contribution in [1.29, 1.82) is 0 Å². The van der Waals surface area contributed by atoms with Gasteiger partial charge in [-0.1, -0.05) is 15.9 Å². The summed E-state index contributed by atoms with van der Waals surface area (Å²) < 4.78 is 31.3. The molecule has 0 saturated carbocycles. The van der Waals surface area contributed by atoms with Gasteiger partial charge in [0, 0.05) is 37.6 Å². The minimum absolute atomic E-state index is 0.0533. The molecule has 0 saturated heterocycles. The predicted octanol–water partition coefficient (Wildman–Crippen LogP) is 1.87. The van der Waals surface area contributed by atoms with Crippen LogP contribution in [-0.2, 0) is 14.8 Å². The van der Waals surface area contributed by atoms with E-state index < -0.39 is 10.0 Å². The molecule has 0 aliphatic rings. The van der Waals surface area contributed by atoms with Gasteiger partial charge in [-0.3, -0.25) is 4.98 Å². The fraction of sp³-hybridized carbons (Fsp3) is 0.500. The number of aromatic nitrogens is 1. The molecule has 0 amide bonds. The Bertz CT molecular complexity index is 496. The number of nitrogens with zero attached hydrogens (tertiary/aromatic N) is 2. The van der Waals surface area contributed by atoms with Crippen molar-refractivity contribution in [1.82, 2.24) is 9.29 Å². The third-order valence-corrected chi connectivity index (χ3v) is 4.97. The maximum atomic E-state index is 12.2. The largest absolute Gasteiger partial charge is 0.383 e. The zero-order valence-electron chi connectivity index (χ0n) is 10.0. The van der Waals surface area contributed by atoms with Crippen molar-refractivity contribution < 1.29 is 13.2 Å². The number of rotatable bonds is 6. The monoisotopic (exact) mass is 400 g/mol. The van der Waals surface area contributed by atoms with Crippen molar-refractivity contribution in [3.63, 3.8) is 0 Å². The molecule has 0 radical (unpaired) electrons. The molecule has 1 heterocycles. The molecule has 0 spiro atoms. The lowest BCUT2D eigenvalue weighted by Crippen LogP contribution is -2.33. The van der Waals surface area contributed by atoms with Crippen molar-refractivity contribution in [3.05, 3.63) is 22.9 Å². The van der Waals surface area contributed by atoms with E-state index in [-0.39, 0.29) is 9.72 Å². The van der Waals surface area contributed by atoms with E-state index in [1.165, 1.54) is 29.8 Å². The highest BCUT2D eigenvalue weighted by molar-refractivity contribution is 9.10. The van der Waals surface area contributed by atoms with Crippen LogP contribution in [0.25, 0.3) is 0 Å². The lowest BCUT2D eigenvalue weighted by molar-refractivity contribution is 0.195. The number of ether oxygens (including phenoxy) is 1. The lowest BCUT2D eigenvalue weighted by Gasteiger charge is -2.19. The van der Waals surface area contributed by atoms with Crippen molar-refractivity contribution in [2.24, 2.45) is 0 Å². The minimum Gasteiger partial charge on any atom is -0.383 e. The number of hydrogen-bond acceptors (Lipinski definition) is 4. The van der Waals surface area contributed by atoms with Gasteiger partial charge in [-0.05, 0) is 22.0 Å². The van der Waals surface area contributed by atoms with Crippen LogP contribution in [-0.4, -0.2) is 49.8 Å². The normalized spacial score (nSPS) is 13.8. The molecule has 1 atom stereocenters. The molecule has 5 nitrogen and oxygen atoms in total. The highest BCUT2D eigenvalue weighted by Crippen LogP contribution is 2.18. The quantitative estimate of drug-likeness (QED) is 0.682. The fourth-order valence-electron chi connectivity index (χ4n) is 1.32. The highest BCUT2D eigenvalue weighted by atomic mass is 79.9. The van der Waals surface area contributed by atoms with E-state index in [2.05, 4.69) is 36.8 Å². The maximum Gasteiger partial charge on any atom is 0.244 e. The molecule has 0 aliphatic heterocycles. The Morgan fingerprint density at radius 1 is 1.50 bits per heavy atom. The van der Waals surface area contributed by atoms with Crippen LogP contribution in [0.1, 0.15) is 0 Å². The summed E-state index contributed by atoms with van der Waals surface area (Å²) in [5.74, 6) is 0. The van der Waals surface area contributed by atoms with E-state index in [0.717, 1.165) is 0 Å². The van der Waals surface area contributed by atoms with Crippen molar-refractivity contribution in [3.8, 4) is 0 Å². The van der Waals surface area contributed by atoms with Crippen LogP contribution in [0.2, 0.25) is 0 Å². The molecular weight excluding hydrogens is 388 g/mol. The molecule has 1 aromatic heterocycles. The second-order valence-electron chi connectivity index (χ2n) is 3.68. The van der Waals surface area contributed by atoms with E-state index in [0.29, 0.717) is 17.6 Å². The molecule has 102 valence electrons. The van der Waals surface area contributed by atoms with Gasteiger partial charge in [-0.25, -0.2) is 8.42 Å². The van der Waals surface area contributed by atoms with E-state index >= 15 is 0 Å². The number of alkyl halides is 1. The Kier molecular flexibility index (Phi) is 6.19. The van der Waals surface area contributed by atoms with Crippen LogP contribution >= 0.6 is 31.9 Å². The standard InChI is InChI=1S/C10H14Br2N2O3S/c1-14(6-9(12)7-17-2)18(15,16)10-3-8(11)4-13-5-10/h3-5,9H,6-7H2,1-2H3. The molecule has 0 aromatic carbocycles. The number of sulfonamides is 1. The molecule has 0 N–H and O–H groups in total. The van der Waals surface area contributed by atoms with Crippen LogP contribution in [0.4, 0.5) is 0 Å². The first kappa shape index (κ1) is 16.0. The minimum atomic E-state index is -3.52. The molecule has 0 bridgehead atoms. The van der Waals surface area contributed by atoms with Gasteiger partial charge >= 0.3 is 0 Å². The van der Waals surface area contributed by atoms with E-state index in [1.54, 1.807) is 7.11 Å². The van der Waals surface area contributed by atoms with Gasteiger partial charge < -0.3 is 4.74 Å². The molecule has 1 aromatic rings. The van der Waals surface area contributed by atoms with Gasteiger partial charge in [0.1, 0.15) is 4.90 Å². The first-order valence-corrected chi connectivity index (χ1v) is 8.22. The number of methoxy groups -OCH3 is 1. The molecular formula is C10H14Br2N2O3S. The zero-order valence-corrected chi connectivity index (χ0v) is 14.0. The summed E-state index contributed by atoms with van der Waals surface area (Å²) in [5.41, 5.74) is 0. The van der Waals surface area contributed by atoms with Gasteiger partial charge in [-0.15, -0.1) is 0 Å². The zero-order chi connectivity index (χ0) is 13.8. The van der Waals surface area contributed by atoms with Crippen LogP contribution in [0, 0.1) is 0 Å². The summed E-state index contributed by atoms with van der Waals surface area (Å²) in [6.07, 6.45) is 2.87. The molecule has 1 unspecified atom stereocenters. The number of pyridine rings is 1. The Balaban J connectivity index is 2.86. The summed E-state index contributed by atoms with van der Waals surface area (Å²) in [5, 5.41) is 0. The van der Waals surface area contributed by atoms with Crippen molar-refractivity contribution in [2.75, 3.05) is 27.3 Å². The average Bonchev–Trinajstić information content (AvgIpc) is 2.29. The highest BCUT2D eigenvalue weighted by Gasteiger charge is 2.23. The Hall–Kier alpha value is -0.0200. The van der Waals surface area contributed by atoms with E-state index in [4.69, 9.17) is 4.74 Å². The third-order valence-electron chi connectivity index (χ3n) is 2.19. The second-order valence-corrected chi connectivity index (χ2v) is 7.93. The van der Waals surface area contributed by atoms with Crippen molar-refractivity contribution >= 4 is 41.9 Å². The van der Waals surface area contributed by atoms with Crippen molar-refractivity contribution in [2.45, 2.75) is 9.72 Å². The van der Waals surface area contributed by atoms with Gasteiger partial charge in [0.2, 0.25) is 10.0 Å². The molecule has 0 aliphatic carbocycles. The van der Waals surface area contributed by atoms with Crippen LogP contribution in [0.5, 0.6) is 0 Å². The van der Waals surface area contributed by atoms with Gasteiger partial charge in [0.25, 0.3) is 0 Å².